The van der Waals surface area contributed by atoms with Gasteiger partial charge in [0.1, 0.15) is 0 Å². The van der Waals surface area contributed by atoms with E-state index >= 15 is 0 Å². The van der Waals surface area contributed by atoms with Crippen LogP contribution in [0.15, 0.2) is 72.8 Å². The Balaban J connectivity index is 1.84. The summed E-state index contributed by atoms with van der Waals surface area (Å²) >= 11 is 0. The lowest BCUT2D eigenvalue weighted by molar-refractivity contribution is 0.0804. The Morgan fingerprint density at radius 3 is 1.73 bits per heavy atom. The van der Waals surface area contributed by atoms with Crippen LogP contribution in [0.25, 0.3) is 0 Å². The Kier molecular flexibility index (Phi) is 6.17. The molecular formula is C24H26O2. The highest BCUT2D eigenvalue weighted by molar-refractivity contribution is 6.16. The summed E-state index contributed by atoms with van der Waals surface area (Å²) in [6, 6.07) is 18.3. The molecule has 0 saturated heterocycles. The Bertz CT molecular complexity index is 704. The topological polar surface area (TPSA) is 34.1 Å². The highest BCUT2D eigenvalue weighted by Gasteiger charge is 2.30. The number of hydrogen-bond donors (Lipinski definition) is 0. The molecular weight excluding hydrogens is 320 g/mol. The van der Waals surface area contributed by atoms with Crippen LogP contribution in [0.3, 0.4) is 0 Å². The van der Waals surface area contributed by atoms with Crippen LogP contribution in [0, 0.1) is 11.8 Å². The van der Waals surface area contributed by atoms with Crippen LogP contribution < -0.4 is 0 Å². The van der Waals surface area contributed by atoms with E-state index in [9.17, 15) is 9.59 Å². The molecule has 0 spiro atoms. The Labute approximate surface area is 155 Å². The van der Waals surface area contributed by atoms with Crippen molar-refractivity contribution in [2.45, 2.75) is 38.5 Å². The molecule has 0 bridgehead atoms. The zero-order chi connectivity index (χ0) is 18.4. The standard InChI is InChI=1S/C24H26O2/c1-18(19-11-5-2-6-12-19)17-22(23(25)20-13-7-3-8-14-20)24(26)21-15-9-4-10-16-21/h3-4,7-10,13-16,19,22H,1-2,5-6,11-12,17H2. The maximum atomic E-state index is 13.1. The van der Waals surface area contributed by atoms with Crippen molar-refractivity contribution in [3.8, 4) is 0 Å². The molecule has 0 aliphatic heterocycles. The molecule has 26 heavy (non-hydrogen) atoms. The van der Waals surface area contributed by atoms with Crippen LogP contribution in [0.4, 0.5) is 0 Å². The highest BCUT2D eigenvalue weighted by Crippen LogP contribution is 2.33. The van der Waals surface area contributed by atoms with Crippen LogP contribution in [-0.4, -0.2) is 11.6 Å². The Morgan fingerprint density at radius 1 is 0.808 bits per heavy atom. The minimum atomic E-state index is -0.686. The van der Waals surface area contributed by atoms with Gasteiger partial charge in [-0.25, -0.2) is 0 Å². The average Bonchev–Trinajstić information content (AvgIpc) is 2.73. The van der Waals surface area contributed by atoms with Gasteiger partial charge in [0.2, 0.25) is 0 Å². The molecule has 1 aliphatic rings. The van der Waals surface area contributed by atoms with Gasteiger partial charge in [0.25, 0.3) is 0 Å². The van der Waals surface area contributed by atoms with Crippen molar-refractivity contribution < 1.29 is 9.59 Å². The zero-order valence-electron chi connectivity index (χ0n) is 15.2. The summed E-state index contributed by atoms with van der Waals surface area (Å²) in [5, 5.41) is 0. The van der Waals surface area contributed by atoms with Crippen molar-refractivity contribution in [1.82, 2.24) is 0 Å². The highest BCUT2D eigenvalue weighted by atomic mass is 16.2. The monoisotopic (exact) mass is 346 g/mol. The second-order valence-electron chi connectivity index (χ2n) is 7.21. The van der Waals surface area contributed by atoms with Gasteiger partial charge in [-0.05, 0) is 25.2 Å². The van der Waals surface area contributed by atoms with Crippen LogP contribution >= 0.6 is 0 Å². The van der Waals surface area contributed by atoms with Crippen molar-refractivity contribution >= 4 is 11.6 Å². The largest absolute Gasteiger partial charge is 0.293 e. The van der Waals surface area contributed by atoms with E-state index in [1.54, 1.807) is 24.3 Å². The fourth-order valence-electron chi connectivity index (χ4n) is 3.85. The predicted molar refractivity (Wildman–Crippen MR) is 105 cm³/mol. The number of allylic oxidation sites excluding steroid dienone is 1. The van der Waals surface area contributed by atoms with E-state index in [2.05, 4.69) is 6.58 Å². The molecule has 2 aromatic carbocycles. The molecule has 1 fully saturated rings. The third-order valence-electron chi connectivity index (χ3n) is 5.40. The quantitative estimate of drug-likeness (QED) is 0.355. The average molecular weight is 346 g/mol. The lowest BCUT2D eigenvalue weighted by atomic mass is 9.78. The molecule has 2 nitrogen and oxygen atoms in total. The molecule has 1 aliphatic carbocycles. The summed E-state index contributed by atoms with van der Waals surface area (Å²) in [5.41, 5.74) is 2.25. The number of Topliss-reactive ketones (excluding diaryl/α,β-unsaturated/α-hetero) is 2. The number of carbonyl (C=O) groups is 2. The minimum Gasteiger partial charge on any atom is -0.293 e. The molecule has 2 heteroatoms. The van der Waals surface area contributed by atoms with E-state index < -0.39 is 5.92 Å². The van der Waals surface area contributed by atoms with Gasteiger partial charge in [-0.2, -0.15) is 0 Å². The number of hydrogen-bond acceptors (Lipinski definition) is 2. The first-order chi connectivity index (χ1) is 12.7. The SMILES string of the molecule is C=C(CC(C(=O)c1ccccc1)C(=O)c1ccccc1)C1CCCCC1. The van der Waals surface area contributed by atoms with Gasteiger partial charge >= 0.3 is 0 Å². The first-order valence-electron chi connectivity index (χ1n) is 9.53. The first-order valence-corrected chi connectivity index (χ1v) is 9.53. The summed E-state index contributed by atoms with van der Waals surface area (Å²) in [6.07, 6.45) is 6.42. The van der Waals surface area contributed by atoms with Crippen molar-refractivity contribution in [3.63, 3.8) is 0 Å². The van der Waals surface area contributed by atoms with Gasteiger partial charge < -0.3 is 0 Å². The van der Waals surface area contributed by atoms with Crippen molar-refractivity contribution in [2.75, 3.05) is 0 Å². The fraction of sp³-hybridized carbons (Fsp3) is 0.333. The van der Waals surface area contributed by atoms with Crippen molar-refractivity contribution in [1.29, 1.82) is 0 Å². The summed E-state index contributed by atoms with van der Waals surface area (Å²) in [6.45, 7) is 4.27. The van der Waals surface area contributed by atoms with E-state index in [1.165, 1.54) is 19.3 Å². The summed E-state index contributed by atoms with van der Waals surface area (Å²) in [4.78, 5) is 26.2. The van der Waals surface area contributed by atoms with E-state index in [4.69, 9.17) is 0 Å². The fourth-order valence-corrected chi connectivity index (χ4v) is 3.85. The third kappa shape index (κ3) is 4.37. The van der Waals surface area contributed by atoms with E-state index in [0.717, 1.165) is 18.4 Å². The molecule has 134 valence electrons. The molecule has 0 aromatic heterocycles. The molecule has 2 aromatic rings. The summed E-state index contributed by atoms with van der Waals surface area (Å²) in [5.74, 6) is -0.444. The minimum absolute atomic E-state index is 0.101. The van der Waals surface area contributed by atoms with Gasteiger partial charge in [-0.3, -0.25) is 9.59 Å². The molecule has 1 saturated carbocycles. The normalized spacial score (nSPS) is 15.0. The molecule has 0 heterocycles. The molecule has 0 amide bonds. The molecule has 3 rings (SSSR count). The second-order valence-corrected chi connectivity index (χ2v) is 7.21. The second kappa shape index (κ2) is 8.75. The number of benzene rings is 2. The first kappa shape index (κ1) is 18.3. The van der Waals surface area contributed by atoms with Gasteiger partial charge in [-0.1, -0.05) is 92.1 Å². The van der Waals surface area contributed by atoms with Gasteiger partial charge in [-0.15, -0.1) is 0 Å². The lowest BCUT2D eigenvalue weighted by Crippen LogP contribution is -2.26. The van der Waals surface area contributed by atoms with Crippen LogP contribution in [0.5, 0.6) is 0 Å². The van der Waals surface area contributed by atoms with Gasteiger partial charge in [0.05, 0.1) is 5.92 Å². The van der Waals surface area contributed by atoms with Crippen molar-refractivity contribution in [3.05, 3.63) is 83.9 Å². The number of rotatable bonds is 7. The smallest absolute Gasteiger partial charge is 0.174 e. The molecule has 0 atom stereocenters. The third-order valence-corrected chi connectivity index (χ3v) is 5.40. The molecule has 0 unspecified atom stereocenters. The van der Waals surface area contributed by atoms with E-state index in [1.807, 2.05) is 36.4 Å². The van der Waals surface area contributed by atoms with Gasteiger partial charge in [0, 0.05) is 11.1 Å². The zero-order valence-corrected chi connectivity index (χ0v) is 15.2. The lowest BCUT2D eigenvalue weighted by Gasteiger charge is -2.26. The maximum Gasteiger partial charge on any atom is 0.174 e. The van der Waals surface area contributed by atoms with E-state index in [0.29, 0.717) is 23.5 Å². The van der Waals surface area contributed by atoms with Crippen LogP contribution in [0.2, 0.25) is 0 Å². The maximum absolute atomic E-state index is 13.1. The van der Waals surface area contributed by atoms with Crippen LogP contribution in [-0.2, 0) is 0 Å². The number of ketones is 2. The molecule has 0 radical (unpaired) electrons. The van der Waals surface area contributed by atoms with Crippen molar-refractivity contribution in [2.24, 2.45) is 11.8 Å². The van der Waals surface area contributed by atoms with Crippen LogP contribution in [0.1, 0.15) is 59.2 Å². The van der Waals surface area contributed by atoms with Gasteiger partial charge in [0.15, 0.2) is 11.6 Å². The summed E-state index contributed by atoms with van der Waals surface area (Å²) in [7, 11) is 0. The predicted octanol–water partition coefficient (Wildman–Crippen LogP) is 5.90. The Hall–Kier alpha value is -2.48. The summed E-state index contributed by atoms with van der Waals surface area (Å²) < 4.78 is 0. The molecule has 0 N–H and O–H groups in total. The van der Waals surface area contributed by atoms with E-state index in [-0.39, 0.29) is 11.6 Å². The number of carbonyl (C=O) groups excluding carboxylic acids is 2. The Morgan fingerprint density at radius 2 is 1.27 bits per heavy atom.